The van der Waals surface area contributed by atoms with Crippen LogP contribution in [0.25, 0.3) is 0 Å². The highest BCUT2D eigenvalue weighted by atomic mass is 32.1. The summed E-state index contributed by atoms with van der Waals surface area (Å²) in [5, 5.41) is 6.74. The summed E-state index contributed by atoms with van der Waals surface area (Å²) in [5.41, 5.74) is 2.70. The molecule has 6 heteroatoms. The molecule has 3 rings (SSSR count). The number of aromatic nitrogens is 2. The summed E-state index contributed by atoms with van der Waals surface area (Å²) >= 11 is 1.33. The fourth-order valence-electron chi connectivity index (χ4n) is 2.24. The predicted molar refractivity (Wildman–Crippen MR) is 96.7 cm³/mol. The van der Waals surface area contributed by atoms with Crippen LogP contribution in [0.5, 0.6) is 0 Å². The molecule has 1 aromatic carbocycles. The summed E-state index contributed by atoms with van der Waals surface area (Å²) < 4.78 is 0. The maximum absolute atomic E-state index is 12.4. The summed E-state index contributed by atoms with van der Waals surface area (Å²) in [6.45, 7) is 4.27. The lowest BCUT2D eigenvalue weighted by Gasteiger charge is -2.04. The van der Waals surface area contributed by atoms with Crippen molar-refractivity contribution in [2.45, 2.75) is 20.4 Å². The normalized spacial score (nSPS) is 10.4. The van der Waals surface area contributed by atoms with Gasteiger partial charge in [0.1, 0.15) is 10.7 Å². The minimum atomic E-state index is -0.112. The highest BCUT2D eigenvalue weighted by Crippen LogP contribution is 2.25. The van der Waals surface area contributed by atoms with Crippen molar-refractivity contribution in [3.63, 3.8) is 0 Å². The first-order chi connectivity index (χ1) is 11.6. The van der Waals surface area contributed by atoms with Crippen LogP contribution in [-0.2, 0) is 6.54 Å². The van der Waals surface area contributed by atoms with Gasteiger partial charge in [-0.3, -0.25) is 4.79 Å². The Balaban J connectivity index is 1.68. The molecule has 2 N–H and O–H groups in total. The van der Waals surface area contributed by atoms with Crippen LogP contribution in [0, 0.1) is 13.8 Å². The van der Waals surface area contributed by atoms with Gasteiger partial charge in [0.2, 0.25) is 0 Å². The lowest BCUT2D eigenvalue weighted by atomic mass is 10.2. The van der Waals surface area contributed by atoms with Gasteiger partial charge in [0.05, 0.1) is 5.69 Å². The van der Waals surface area contributed by atoms with Gasteiger partial charge in [0.25, 0.3) is 5.91 Å². The minimum absolute atomic E-state index is 0.112. The molecular weight excluding hydrogens is 320 g/mol. The fraction of sp³-hybridized carbons (Fsp3) is 0.167. The molecule has 2 heterocycles. The van der Waals surface area contributed by atoms with Crippen molar-refractivity contribution >= 4 is 28.2 Å². The first-order valence-corrected chi connectivity index (χ1v) is 8.44. The maximum Gasteiger partial charge on any atom is 0.263 e. The quantitative estimate of drug-likeness (QED) is 0.742. The number of hydrogen-bond donors (Lipinski definition) is 2. The van der Waals surface area contributed by atoms with Crippen LogP contribution in [0.2, 0.25) is 0 Å². The number of carbonyl (C=O) groups excluding carboxylic acids is 1. The number of nitrogens with zero attached hydrogens (tertiary/aromatic N) is 2. The van der Waals surface area contributed by atoms with Crippen LogP contribution < -0.4 is 10.6 Å². The molecule has 0 aliphatic carbocycles. The smallest absolute Gasteiger partial charge is 0.263 e. The molecule has 0 radical (unpaired) electrons. The van der Waals surface area contributed by atoms with Crippen molar-refractivity contribution in [2.75, 3.05) is 5.32 Å². The number of carbonyl (C=O) groups is 1. The van der Waals surface area contributed by atoms with E-state index in [9.17, 15) is 4.79 Å². The van der Waals surface area contributed by atoms with Gasteiger partial charge in [-0.25, -0.2) is 9.97 Å². The molecule has 0 atom stereocenters. The molecule has 0 spiro atoms. The fourth-order valence-corrected chi connectivity index (χ4v) is 3.13. The van der Waals surface area contributed by atoms with E-state index in [1.165, 1.54) is 11.3 Å². The zero-order valence-electron chi connectivity index (χ0n) is 13.5. The average molecular weight is 338 g/mol. The molecule has 0 aliphatic rings. The van der Waals surface area contributed by atoms with E-state index in [0.717, 1.165) is 17.1 Å². The summed E-state index contributed by atoms with van der Waals surface area (Å²) in [4.78, 5) is 21.8. The molecule has 0 saturated carbocycles. The van der Waals surface area contributed by atoms with Crippen LogP contribution >= 0.6 is 11.3 Å². The predicted octanol–water partition coefficient (Wildman–Crippen LogP) is 3.83. The standard InChI is InChI=1S/C18H18N4OS/c1-12-7-6-10-15(20-12)22-18-21-13(2)16(24-18)17(23)19-11-14-8-4-3-5-9-14/h3-10H,11H2,1-2H3,(H,19,23)(H,20,21,22). The molecule has 0 fully saturated rings. The number of amides is 1. The van der Waals surface area contributed by atoms with Crippen molar-refractivity contribution in [3.8, 4) is 0 Å². The van der Waals surface area contributed by atoms with Crippen molar-refractivity contribution in [2.24, 2.45) is 0 Å². The Morgan fingerprint density at radius 1 is 1.04 bits per heavy atom. The third-order valence-corrected chi connectivity index (χ3v) is 4.49. The van der Waals surface area contributed by atoms with Gasteiger partial charge < -0.3 is 10.6 Å². The first-order valence-electron chi connectivity index (χ1n) is 7.62. The van der Waals surface area contributed by atoms with Crippen LogP contribution in [0.3, 0.4) is 0 Å². The Labute approximate surface area is 144 Å². The third kappa shape index (κ3) is 3.97. The van der Waals surface area contributed by atoms with Crippen LogP contribution in [0.4, 0.5) is 10.9 Å². The number of anilines is 2. The number of benzene rings is 1. The van der Waals surface area contributed by atoms with Gasteiger partial charge >= 0.3 is 0 Å². The van der Waals surface area contributed by atoms with Gasteiger partial charge in [-0.15, -0.1) is 0 Å². The van der Waals surface area contributed by atoms with Crippen molar-refractivity contribution in [3.05, 3.63) is 70.4 Å². The van der Waals surface area contributed by atoms with Gasteiger partial charge in [-0.2, -0.15) is 0 Å². The molecule has 122 valence electrons. The van der Waals surface area contributed by atoms with Crippen molar-refractivity contribution < 1.29 is 4.79 Å². The van der Waals surface area contributed by atoms with Crippen LogP contribution in [0.1, 0.15) is 26.6 Å². The lowest BCUT2D eigenvalue weighted by Crippen LogP contribution is -2.22. The highest BCUT2D eigenvalue weighted by Gasteiger charge is 2.15. The van der Waals surface area contributed by atoms with E-state index < -0.39 is 0 Å². The number of hydrogen-bond acceptors (Lipinski definition) is 5. The van der Waals surface area contributed by atoms with E-state index in [2.05, 4.69) is 20.6 Å². The van der Waals surface area contributed by atoms with E-state index in [0.29, 0.717) is 22.2 Å². The molecule has 1 amide bonds. The Morgan fingerprint density at radius 2 is 1.83 bits per heavy atom. The Morgan fingerprint density at radius 3 is 2.58 bits per heavy atom. The lowest BCUT2D eigenvalue weighted by molar-refractivity contribution is 0.0954. The largest absolute Gasteiger partial charge is 0.347 e. The summed E-state index contributed by atoms with van der Waals surface area (Å²) in [5.74, 6) is 0.610. The zero-order chi connectivity index (χ0) is 16.9. The Bertz CT molecular complexity index is 845. The monoisotopic (exact) mass is 338 g/mol. The molecular formula is C18H18N4OS. The van der Waals surface area contributed by atoms with Gasteiger partial charge in [0, 0.05) is 12.2 Å². The van der Waals surface area contributed by atoms with E-state index in [-0.39, 0.29) is 5.91 Å². The maximum atomic E-state index is 12.4. The SMILES string of the molecule is Cc1cccc(Nc2nc(C)c(C(=O)NCc3ccccc3)s2)n1. The molecule has 3 aromatic rings. The Hall–Kier alpha value is -2.73. The number of rotatable bonds is 5. The van der Waals surface area contributed by atoms with Gasteiger partial charge in [-0.05, 0) is 31.5 Å². The van der Waals surface area contributed by atoms with Gasteiger partial charge in [-0.1, -0.05) is 47.7 Å². The average Bonchev–Trinajstić information content (AvgIpc) is 2.94. The first kappa shape index (κ1) is 16.1. The van der Waals surface area contributed by atoms with Crippen molar-refractivity contribution in [1.82, 2.24) is 15.3 Å². The van der Waals surface area contributed by atoms with Crippen molar-refractivity contribution in [1.29, 1.82) is 0 Å². The summed E-state index contributed by atoms with van der Waals surface area (Å²) in [6.07, 6.45) is 0. The second-order valence-corrected chi connectivity index (χ2v) is 6.39. The molecule has 5 nitrogen and oxygen atoms in total. The van der Waals surface area contributed by atoms with Gasteiger partial charge in [0.15, 0.2) is 5.13 Å². The third-order valence-electron chi connectivity index (χ3n) is 3.42. The molecule has 0 aliphatic heterocycles. The molecule has 0 saturated heterocycles. The second kappa shape index (κ2) is 7.23. The Kier molecular flexibility index (Phi) is 4.86. The molecule has 2 aromatic heterocycles. The van der Waals surface area contributed by atoms with Crippen LogP contribution in [0.15, 0.2) is 48.5 Å². The van der Waals surface area contributed by atoms with E-state index >= 15 is 0 Å². The number of pyridine rings is 1. The van der Waals surface area contributed by atoms with Crippen LogP contribution in [-0.4, -0.2) is 15.9 Å². The molecule has 24 heavy (non-hydrogen) atoms. The number of thiazole rings is 1. The summed E-state index contributed by atoms with van der Waals surface area (Å²) in [7, 11) is 0. The van der Waals surface area contributed by atoms with E-state index in [1.54, 1.807) is 0 Å². The minimum Gasteiger partial charge on any atom is -0.347 e. The molecule has 0 unspecified atom stereocenters. The number of nitrogens with one attached hydrogen (secondary N) is 2. The summed E-state index contributed by atoms with van der Waals surface area (Å²) in [6, 6.07) is 15.6. The second-order valence-electron chi connectivity index (χ2n) is 5.39. The highest BCUT2D eigenvalue weighted by molar-refractivity contribution is 7.17. The zero-order valence-corrected chi connectivity index (χ0v) is 14.4. The number of aryl methyl sites for hydroxylation is 2. The van der Waals surface area contributed by atoms with E-state index in [4.69, 9.17) is 0 Å². The topological polar surface area (TPSA) is 66.9 Å². The molecule has 0 bridgehead atoms. The van der Waals surface area contributed by atoms with E-state index in [1.807, 2.05) is 62.4 Å².